The monoisotopic (exact) mass is 277 g/mol. The van der Waals surface area contributed by atoms with Gasteiger partial charge in [-0.25, -0.2) is 9.37 Å². The molecule has 0 amide bonds. The maximum absolute atomic E-state index is 13.9. The first kappa shape index (κ1) is 14.6. The maximum Gasteiger partial charge on any atom is 0.146 e. The zero-order chi connectivity index (χ0) is 14.4. The maximum atomic E-state index is 13.9. The van der Waals surface area contributed by atoms with Crippen LogP contribution >= 0.6 is 0 Å². The van der Waals surface area contributed by atoms with E-state index in [9.17, 15) is 4.39 Å². The van der Waals surface area contributed by atoms with Gasteiger partial charge in [0.15, 0.2) is 0 Å². The second-order valence-corrected chi connectivity index (χ2v) is 4.61. The fourth-order valence-corrected chi connectivity index (χ4v) is 2.23. The second kappa shape index (κ2) is 7.09. The fraction of sp³-hybridized carbons (Fsp3) is 0.500. The number of halogens is 1. The highest BCUT2D eigenvalue weighted by molar-refractivity contribution is 5.18. The van der Waals surface area contributed by atoms with Crippen molar-refractivity contribution in [1.29, 1.82) is 0 Å². The molecule has 0 saturated heterocycles. The van der Waals surface area contributed by atoms with Gasteiger partial charge in [-0.3, -0.25) is 9.67 Å². The smallest absolute Gasteiger partial charge is 0.146 e. The van der Waals surface area contributed by atoms with Gasteiger partial charge in [-0.15, -0.1) is 0 Å². The summed E-state index contributed by atoms with van der Waals surface area (Å²) < 4.78 is 15.8. The van der Waals surface area contributed by atoms with E-state index < -0.39 is 0 Å². The Balaban J connectivity index is 2.21. The third kappa shape index (κ3) is 3.39. The number of aromatic nitrogens is 4. The van der Waals surface area contributed by atoms with Crippen molar-refractivity contribution in [3.8, 4) is 0 Å². The molecule has 1 unspecified atom stereocenters. The molecule has 108 valence electrons. The van der Waals surface area contributed by atoms with Crippen LogP contribution in [0.1, 0.15) is 37.7 Å². The summed E-state index contributed by atoms with van der Waals surface area (Å²) in [4.78, 5) is 8.08. The summed E-state index contributed by atoms with van der Waals surface area (Å²) in [7, 11) is 0. The van der Waals surface area contributed by atoms with E-state index in [0.717, 1.165) is 25.3 Å². The lowest BCUT2D eigenvalue weighted by atomic mass is 10.0. The minimum absolute atomic E-state index is 0.122. The molecule has 1 N–H and O–H groups in total. The van der Waals surface area contributed by atoms with Gasteiger partial charge in [-0.1, -0.05) is 13.8 Å². The third-order valence-corrected chi connectivity index (χ3v) is 3.15. The van der Waals surface area contributed by atoms with Gasteiger partial charge in [0.05, 0.1) is 6.20 Å². The third-order valence-electron chi connectivity index (χ3n) is 3.15. The van der Waals surface area contributed by atoms with Crippen molar-refractivity contribution in [1.82, 2.24) is 25.1 Å². The van der Waals surface area contributed by atoms with Crippen molar-refractivity contribution < 1.29 is 4.39 Å². The molecule has 5 nitrogen and oxygen atoms in total. The molecule has 0 aliphatic carbocycles. The number of nitrogens with zero attached hydrogens (tertiary/aromatic N) is 4. The van der Waals surface area contributed by atoms with Crippen LogP contribution < -0.4 is 5.32 Å². The molecule has 2 heterocycles. The molecule has 6 heteroatoms. The molecular formula is C14H20FN5. The van der Waals surface area contributed by atoms with Crippen molar-refractivity contribution in [3.05, 3.63) is 42.0 Å². The van der Waals surface area contributed by atoms with Gasteiger partial charge in [0, 0.05) is 30.8 Å². The molecule has 20 heavy (non-hydrogen) atoms. The molecule has 1 atom stereocenters. The average Bonchev–Trinajstić information content (AvgIpc) is 2.87. The van der Waals surface area contributed by atoms with E-state index in [2.05, 4.69) is 27.3 Å². The number of pyridine rings is 1. The second-order valence-electron chi connectivity index (χ2n) is 4.61. The number of rotatable bonds is 7. The van der Waals surface area contributed by atoms with Crippen molar-refractivity contribution in [3.63, 3.8) is 0 Å². The molecule has 0 aliphatic rings. The van der Waals surface area contributed by atoms with E-state index in [0.29, 0.717) is 12.0 Å². The molecule has 0 radical (unpaired) electrons. The molecule has 0 bridgehead atoms. The molecule has 0 aromatic carbocycles. The van der Waals surface area contributed by atoms with E-state index in [4.69, 9.17) is 0 Å². The highest BCUT2D eigenvalue weighted by Crippen LogP contribution is 2.19. The minimum Gasteiger partial charge on any atom is -0.310 e. The summed E-state index contributed by atoms with van der Waals surface area (Å²) in [6, 6.07) is 1.59. The Morgan fingerprint density at radius 2 is 2.25 bits per heavy atom. The van der Waals surface area contributed by atoms with Crippen molar-refractivity contribution >= 4 is 0 Å². The van der Waals surface area contributed by atoms with Gasteiger partial charge < -0.3 is 5.32 Å². The first-order valence-electron chi connectivity index (χ1n) is 6.95. The minimum atomic E-state index is -0.292. The first-order valence-corrected chi connectivity index (χ1v) is 6.95. The van der Waals surface area contributed by atoms with Crippen LogP contribution in [0, 0.1) is 5.82 Å². The highest BCUT2D eigenvalue weighted by Gasteiger charge is 2.18. The van der Waals surface area contributed by atoms with Crippen LogP contribution in [-0.4, -0.2) is 26.3 Å². The summed E-state index contributed by atoms with van der Waals surface area (Å²) in [6.07, 6.45) is 6.01. The van der Waals surface area contributed by atoms with E-state index in [1.165, 1.54) is 6.20 Å². The van der Waals surface area contributed by atoms with Crippen LogP contribution in [0.2, 0.25) is 0 Å². The van der Waals surface area contributed by atoms with Crippen LogP contribution in [0.15, 0.2) is 24.8 Å². The quantitative estimate of drug-likeness (QED) is 0.842. The number of hydrogen-bond acceptors (Lipinski definition) is 4. The van der Waals surface area contributed by atoms with Crippen LogP contribution in [0.4, 0.5) is 4.39 Å². The van der Waals surface area contributed by atoms with Crippen molar-refractivity contribution in [2.75, 3.05) is 6.54 Å². The standard InChI is InChI=1S/C14H20FN5/c1-3-7-20-14(18-10-19-20)8-13(17-4-2)11-5-6-16-9-12(11)15/h5-6,9-10,13,17H,3-4,7-8H2,1-2H3. The Bertz CT molecular complexity index is 540. The van der Waals surface area contributed by atoms with Gasteiger partial charge >= 0.3 is 0 Å². The lowest BCUT2D eigenvalue weighted by Crippen LogP contribution is -2.25. The molecule has 0 spiro atoms. The van der Waals surface area contributed by atoms with E-state index in [1.807, 2.05) is 11.6 Å². The van der Waals surface area contributed by atoms with Gasteiger partial charge in [0.2, 0.25) is 0 Å². The first-order chi connectivity index (χ1) is 9.76. The molecule has 2 aromatic heterocycles. The number of aryl methyl sites for hydroxylation is 1. The normalized spacial score (nSPS) is 12.6. The zero-order valence-electron chi connectivity index (χ0n) is 11.9. The number of nitrogens with one attached hydrogen (secondary N) is 1. The molecular weight excluding hydrogens is 257 g/mol. The number of hydrogen-bond donors (Lipinski definition) is 1. The van der Waals surface area contributed by atoms with Gasteiger partial charge in [0.1, 0.15) is 18.0 Å². The van der Waals surface area contributed by atoms with Crippen molar-refractivity contribution in [2.24, 2.45) is 0 Å². The lowest BCUT2D eigenvalue weighted by Gasteiger charge is -2.18. The summed E-state index contributed by atoms with van der Waals surface area (Å²) >= 11 is 0. The fourth-order valence-electron chi connectivity index (χ4n) is 2.23. The highest BCUT2D eigenvalue weighted by atomic mass is 19.1. The Hall–Kier alpha value is -1.82. The molecule has 0 aliphatic heterocycles. The molecule has 0 fully saturated rings. The van der Waals surface area contributed by atoms with Crippen molar-refractivity contribution in [2.45, 2.75) is 39.3 Å². The van der Waals surface area contributed by atoms with Crippen LogP contribution in [0.25, 0.3) is 0 Å². The zero-order valence-corrected chi connectivity index (χ0v) is 11.9. The Kier molecular flexibility index (Phi) is 5.17. The summed E-state index contributed by atoms with van der Waals surface area (Å²) in [5.74, 6) is 0.578. The number of likely N-dealkylation sites (N-methyl/N-ethyl adjacent to an activating group) is 1. The van der Waals surface area contributed by atoms with E-state index >= 15 is 0 Å². The summed E-state index contributed by atoms with van der Waals surface area (Å²) in [5.41, 5.74) is 0.618. The van der Waals surface area contributed by atoms with Crippen LogP contribution in [0.3, 0.4) is 0 Å². The van der Waals surface area contributed by atoms with Crippen LogP contribution in [0.5, 0.6) is 0 Å². The van der Waals surface area contributed by atoms with E-state index in [1.54, 1.807) is 18.6 Å². The van der Waals surface area contributed by atoms with E-state index in [-0.39, 0.29) is 11.9 Å². The largest absolute Gasteiger partial charge is 0.310 e. The Morgan fingerprint density at radius 1 is 1.40 bits per heavy atom. The molecule has 0 saturated carbocycles. The SMILES string of the molecule is CCCn1ncnc1CC(NCC)c1ccncc1F. The topological polar surface area (TPSA) is 55.6 Å². The Labute approximate surface area is 118 Å². The average molecular weight is 277 g/mol. The Morgan fingerprint density at radius 3 is 2.95 bits per heavy atom. The lowest BCUT2D eigenvalue weighted by molar-refractivity contribution is 0.477. The molecule has 2 rings (SSSR count). The van der Waals surface area contributed by atoms with Gasteiger partial charge in [-0.05, 0) is 19.0 Å². The summed E-state index contributed by atoms with van der Waals surface area (Å²) in [6.45, 7) is 5.68. The van der Waals surface area contributed by atoms with Crippen LogP contribution in [-0.2, 0) is 13.0 Å². The van der Waals surface area contributed by atoms with Gasteiger partial charge in [0.25, 0.3) is 0 Å². The summed E-state index contributed by atoms with van der Waals surface area (Å²) in [5, 5.41) is 7.51. The predicted molar refractivity (Wildman–Crippen MR) is 74.6 cm³/mol. The molecule has 2 aromatic rings. The van der Waals surface area contributed by atoms with Gasteiger partial charge in [-0.2, -0.15) is 5.10 Å². The predicted octanol–water partition coefficient (Wildman–Crippen LogP) is 2.12.